The topological polar surface area (TPSA) is 133 Å². The molecule has 2 N–H and O–H groups in total. The number of carboxylic acids is 1. The summed E-state index contributed by atoms with van der Waals surface area (Å²) < 4.78 is 52.8. The molecule has 10 nitrogen and oxygen atoms in total. The van der Waals surface area contributed by atoms with Crippen LogP contribution in [0.25, 0.3) is 0 Å². The molecule has 0 radical (unpaired) electrons. The largest absolute Gasteiger partial charge is 0.490 e. The molecule has 14 heteroatoms. The van der Waals surface area contributed by atoms with Crippen LogP contribution in [0.3, 0.4) is 0 Å². The fourth-order valence-corrected chi connectivity index (χ4v) is 4.77. The van der Waals surface area contributed by atoms with Gasteiger partial charge in [0.1, 0.15) is 12.2 Å². The van der Waals surface area contributed by atoms with Crippen LogP contribution in [0.15, 0.2) is 29.1 Å². The minimum atomic E-state index is -5.08. The van der Waals surface area contributed by atoms with E-state index in [1.165, 1.54) is 11.0 Å². The fourth-order valence-electron chi connectivity index (χ4n) is 4.77. The quantitative estimate of drug-likeness (QED) is 0.527. The Morgan fingerprint density at radius 2 is 1.83 bits per heavy atom. The van der Waals surface area contributed by atoms with Crippen molar-refractivity contribution in [2.24, 2.45) is 0 Å². The summed E-state index contributed by atoms with van der Waals surface area (Å²) in [5.74, 6) is -3.14. The number of rotatable bonds is 4. The van der Waals surface area contributed by atoms with Gasteiger partial charge in [-0.05, 0) is 63.8 Å². The lowest BCUT2D eigenvalue weighted by atomic mass is 9.92. The summed E-state index contributed by atoms with van der Waals surface area (Å²) >= 11 is 0. The van der Waals surface area contributed by atoms with Crippen molar-refractivity contribution in [3.8, 4) is 0 Å². The average Bonchev–Trinajstić information content (AvgIpc) is 2.90. The summed E-state index contributed by atoms with van der Waals surface area (Å²) in [7, 11) is 0. The third-order valence-electron chi connectivity index (χ3n) is 7.13. The molecule has 2 amide bonds. The molecule has 41 heavy (non-hydrogen) atoms. The summed E-state index contributed by atoms with van der Waals surface area (Å²) in [5.41, 5.74) is 0.956. The van der Waals surface area contributed by atoms with E-state index in [4.69, 9.17) is 14.6 Å². The van der Waals surface area contributed by atoms with E-state index < -0.39 is 18.3 Å². The molecule has 2 atom stereocenters. The van der Waals surface area contributed by atoms with Crippen LogP contribution in [0.2, 0.25) is 0 Å². The van der Waals surface area contributed by atoms with Gasteiger partial charge in [-0.2, -0.15) is 18.3 Å². The van der Waals surface area contributed by atoms with Crippen molar-refractivity contribution in [3.63, 3.8) is 0 Å². The first-order chi connectivity index (χ1) is 19.0. The van der Waals surface area contributed by atoms with Crippen LogP contribution in [0.1, 0.15) is 65.6 Å². The molecule has 3 heterocycles. The summed E-state index contributed by atoms with van der Waals surface area (Å²) in [6.07, 6.45) is -5.12. The van der Waals surface area contributed by atoms with Crippen LogP contribution in [0.5, 0.6) is 0 Å². The number of benzene rings is 1. The lowest BCUT2D eigenvalue weighted by Gasteiger charge is -2.44. The number of aromatic amines is 1. The lowest BCUT2D eigenvalue weighted by molar-refractivity contribution is -0.192. The molecule has 0 spiro atoms. The molecule has 0 bridgehead atoms. The third kappa shape index (κ3) is 7.69. The van der Waals surface area contributed by atoms with Crippen LogP contribution in [0, 0.1) is 13.8 Å². The molecule has 0 saturated carbocycles. The van der Waals surface area contributed by atoms with Crippen LogP contribution < -0.4 is 5.56 Å². The number of aromatic nitrogens is 2. The SMILES string of the molecule is Cc1c(C(F)c2cccc(C(=O)N3CCN(C4CCOC(C)(C)C4)C(=O)C3)c2)n[nH]c(=O)c1C.O=C(O)C(F)(F)F. The van der Waals surface area contributed by atoms with E-state index in [0.29, 0.717) is 36.4 Å². The molecule has 1 aromatic carbocycles. The van der Waals surface area contributed by atoms with Crippen LogP contribution in [-0.2, 0) is 14.3 Å². The molecule has 2 fully saturated rings. The van der Waals surface area contributed by atoms with Gasteiger partial charge in [-0.3, -0.25) is 14.4 Å². The third-order valence-corrected chi connectivity index (χ3v) is 7.13. The minimum absolute atomic E-state index is 0.000317. The highest BCUT2D eigenvalue weighted by Gasteiger charge is 2.39. The number of aliphatic carboxylic acids is 1. The standard InChI is InChI=1S/C25H31FN4O4.C2HF3O2/c1-15-16(2)23(32)28-27-22(15)21(26)17-6-5-7-18(12-17)24(33)29-9-10-30(20(31)14-29)19-8-11-34-25(3,4)13-19;3-2(4,5)1(6)7/h5-7,12,19,21H,8-11,13-14H2,1-4H3,(H,28,32);(H,6,7). The van der Waals surface area contributed by atoms with Crippen LogP contribution in [0.4, 0.5) is 17.6 Å². The number of hydrogen-bond donors (Lipinski definition) is 2. The second kappa shape index (κ2) is 12.4. The number of carbonyl (C=O) groups is 3. The molecule has 2 aromatic rings. The van der Waals surface area contributed by atoms with Crippen molar-refractivity contribution in [1.82, 2.24) is 20.0 Å². The molecule has 0 aliphatic carbocycles. The predicted octanol–water partition coefficient (Wildman–Crippen LogP) is 3.32. The maximum Gasteiger partial charge on any atom is 0.490 e. The minimum Gasteiger partial charge on any atom is -0.475 e. The number of amides is 2. The second-order valence-corrected chi connectivity index (χ2v) is 10.5. The van der Waals surface area contributed by atoms with Crippen LogP contribution >= 0.6 is 0 Å². The zero-order valence-corrected chi connectivity index (χ0v) is 23.0. The number of hydrogen-bond acceptors (Lipinski definition) is 6. The Bertz CT molecular complexity index is 1360. The molecule has 2 saturated heterocycles. The Balaban J connectivity index is 0.000000587. The second-order valence-electron chi connectivity index (χ2n) is 10.5. The first kappa shape index (κ1) is 31.7. The van der Waals surface area contributed by atoms with Gasteiger partial charge in [0.25, 0.3) is 11.5 Å². The number of nitrogens with one attached hydrogen (secondary N) is 1. The number of alkyl halides is 4. The highest BCUT2D eigenvalue weighted by Crippen LogP contribution is 2.30. The maximum absolute atomic E-state index is 15.3. The monoisotopic (exact) mass is 584 g/mol. The van der Waals surface area contributed by atoms with Gasteiger partial charge in [0.15, 0.2) is 6.17 Å². The lowest BCUT2D eigenvalue weighted by Crippen LogP contribution is -2.57. The van der Waals surface area contributed by atoms with Crippen molar-refractivity contribution in [3.05, 3.63) is 62.6 Å². The average molecular weight is 585 g/mol. The van der Waals surface area contributed by atoms with Gasteiger partial charge in [0.05, 0.1) is 5.60 Å². The van der Waals surface area contributed by atoms with Gasteiger partial charge in [0.2, 0.25) is 5.91 Å². The first-order valence-corrected chi connectivity index (χ1v) is 12.8. The van der Waals surface area contributed by atoms with Crippen molar-refractivity contribution in [1.29, 1.82) is 0 Å². The van der Waals surface area contributed by atoms with Crippen LogP contribution in [-0.4, -0.2) is 86.9 Å². The molecule has 2 aliphatic heterocycles. The van der Waals surface area contributed by atoms with Crippen molar-refractivity contribution >= 4 is 17.8 Å². The number of carboxylic acid groups (broad SMARTS) is 1. The first-order valence-electron chi connectivity index (χ1n) is 12.8. The van der Waals surface area contributed by atoms with Crippen molar-refractivity contribution < 1.29 is 41.8 Å². The van der Waals surface area contributed by atoms with Gasteiger partial charge < -0.3 is 19.6 Å². The Labute approximate surface area is 233 Å². The van der Waals surface area contributed by atoms with Gasteiger partial charge >= 0.3 is 12.1 Å². The normalized spacial score (nSPS) is 19.7. The van der Waals surface area contributed by atoms with Gasteiger partial charge in [-0.15, -0.1) is 0 Å². The Kier molecular flexibility index (Phi) is 9.57. The highest BCUT2D eigenvalue weighted by molar-refractivity contribution is 5.97. The Morgan fingerprint density at radius 3 is 2.41 bits per heavy atom. The number of ether oxygens (including phenoxy) is 1. The molecule has 1 aromatic heterocycles. The Hall–Kier alpha value is -3.81. The van der Waals surface area contributed by atoms with E-state index in [0.717, 1.165) is 12.8 Å². The van der Waals surface area contributed by atoms with Gasteiger partial charge in [-0.1, -0.05) is 12.1 Å². The van der Waals surface area contributed by atoms with Crippen molar-refractivity contribution in [2.45, 2.75) is 64.5 Å². The van der Waals surface area contributed by atoms with Gasteiger partial charge in [-0.25, -0.2) is 14.3 Å². The smallest absolute Gasteiger partial charge is 0.475 e. The summed E-state index contributed by atoms with van der Waals surface area (Å²) in [4.78, 5) is 50.1. The maximum atomic E-state index is 15.3. The van der Waals surface area contributed by atoms with E-state index in [1.807, 2.05) is 18.7 Å². The molecule has 2 unspecified atom stereocenters. The molecular weight excluding hydrogens is 552 g/mol. The molecule has 2 aliphatic rings. The van der Waals surface area contributed by atoms with E-state index in [1.54, 1.807) is 32.0 Å². The van der Waals surface area contributed by atoms with E-state index in [2.05, 4.69) is 10.2 Å². The number of H-pyrrole nitrogens is 1. The van der Waals surface area contributed by atoms with E-state index in [-0.39, 0.29) is 46.8 Å². The molecular formula is C27H32F4N4O6. The Morgan fingerprint density at radius 1 is 1.17 bits per heavy atom. The number of carbonyl (C=O) groups excluding carboxylic acids is 2. The fraction of sp³-hybridized carbons (Fsp3) is 0.519. The zero-order valence-electron chi connectivity index (χ0n) is 23.0. The summed E-state index contributed by atoms with van der Waals surface area (Å²) in [6, 6.07) is 6.42. The number of piperazine rings is 1. The summed E-state index contributed by atoms with van der Waals surface area (Å²) in [5, 5.41) is 13.3. The van der Waals surface area contributed by atoms with Crippen molar-refractivity contribution in [2.75, 3.05) is 26.2 Å². The predicted molar refractivity (Wildman–Crippen MR) is 138 cm³/mol. The number of halogens is 4. The summed E-state index contributed by atoms with van der Waals surface area (Å²) in [6.45, 7) is 8.83. The van der Waals surface area contributed by atoms with E-state index in [9.17, 15) is 27.6 Å². The highest BCUT2D eigenvalue weighted by atomic mass is 19.4. The molecule has 224 valence electrons. The van der Waals surface area contributed by atoms with E-state index >= 15 is 4.39 Å². The van der Waals surface area contributed by atoms with Gasteiger partial charge in [0, 0.05) is 36.9 Å². The number of nitrogens with zero attached hydrogens (tertiary/aromatic N) is 3. The molecule has 4 rings (SSSR count). The zero-order chi connectivity index (χ0) is 30.7.